The number of aryl methyl sites for hydroxylation is 1. The van der Waals surface area contributed by atoms with Crippen LogP contribution in [0.4, 0.5) is 0 Å². The molecule has 0 fully saturated rings. The zero-order valence-corrected chi connectivity index (χ0v) is 16.2. The molecule has 1 aromatic carbocycles. The molecule has 1 N–H and O–H groups in total. The van der Waals surface area contributed by atoms with Gasteiger partial charge in [-0.05, 0) is 53.4 Å². The Hall–Kier alpha value is -2.37. The normalized spacial score (nSPS) is 12.0. The van der Waals surface area contributed by atoms with Crippen molar-refractivity contribution in [3.63, 3.8) is 0 Å². The molecular formula is C21H24N2O2S. The minimum atomic E-state index is 0.127. The molecule has 0 saturated carbocycles. The highest BCUT2D eigenvalue weighted by molar-refractivity contribution is 7.07. The summed E-state index contributed by atoms with van der Waals surface area (Å²) in [5.41, 5.74) is 4.66. The van der Waals surface area contributed by atoms with Crippen LogP contribution in [0.3, 0.4) is 0 Å². The topological polar surface area (TPSA) is 43.4 Å². The smallest absolute Gasteiger partial charge is 0.165 e. The number of rotatable bonds is 8. The third-order valence-electron chi connectivity index (χ3n) is 4.42. The minimum absolute atomic E-state index is 0.127. The number of para-hydroxylation sites is 1. The number of nitrogens with one attached hydrogen (secondary N) is 1. The van der Waals surface area contributed by atoms with Crippen molar-refractivity contribution >= 4 is 11.3 Å². The van der Waals surface area contributed by atoms with E-state index in [4.69, 9.17) is 9.47 Å². The number of benzene rings is 1. The maximum atomic E-state index is 5.56. The fraction of sp³-hybridized carbons (Fsp3) is 0.286. The molecule has 0 radical (unpaired) electrons. The largest absolute Gasteiger partial charge is 0.493 e. The van der Waals surface area contributed by atoms with Gasteiger partial charge < -0.3 is 14.8 Å². The highest BCUT2D eigenvalue weighted by atomic mass is 32.1. The molecule has 3 aromatic rings. The standard InChI is InChI=1S/C21H24N2O2S/c1-15-6-5-10-22-20(15)18(12-16-9-11-26-14-16)23-13-17-7-4-8-19(24-2)21(17)25-3/h4-11,14,18,23H,12-13H2,1-3H3. The summed E-state index contributed by atoms with van der Waals surface area (Å²) >= 11 is 1.72. The van der Waals surface area contributed by atoms with Crippen LogP contribution in [0, 0.1) is 6.92 Å². The number of thiophene rings is 1. The fourth-order valence-corrected chi connectivity index (χ4v) is 3.78. The number of pyridine rings is 1. The Balaban J connectivity index is 1.84. The molecule has 0 bridgehead atoms. The van der Waals surface area contributed by atoms with Crippen LogP contribution in [-0.2, 0) is 13.0 Å². The van der Waals surface area contributed by atoms with Crippen molar-refractivity contribution in [1.29, 1.82) is 0 Å². The quantitative estimate of drug-likeness (QED) is 0.634. The van der Waals surface area contributed by atoms with E-state index in [1.165, 1.54) is 11.1 Å². The summed E-state index contributed by atoms with van der Waals surface area (Å²) in [4.78, 5) is 4.63. The van der Waals surface area contributed by atoms with E-state index in [1.807, 2.05) is 24.4 Å². The maximum Gasteiger partial charge on any atom is 0.165 e. The lowest BCUT2D eigenvalue weighted by atomic mass is 10.0. The summed E-state index contributed by atoms with van der Waals surface area (Å²) in [6.45, 7) is 2.78. The predicted molar refractivity (Wildman–Crippen MR) is 106 cm³/mol. The van der Waals surface area contributed by atoms with Crippen LogP contribution in [0.15, 0.2) is 53.4 Å². The van der Waals surface area contributed by atoms with E-state index < -0.39 is 0 Å². The van der Waals surface area contributed by atoms with Crippen molar-refractivity contribution < 1.29 is 9.47 Å². The van der Waals surface area contributed by atoms with E-state index in [0.29, 0.717) is 6.54 Å². The van der Waals surface area contributed by atoms with Gasteiger partial charge in [-0.3, -0.25) is 4.98 Å². The van der Waals surface area contributed by atoms with Crippen molar-refractivity contribution in [3.8, 4) is 11.5 Å². The fourth-order valence-electron chi connectivity index (χ4n) is 3.10. The summed E-state index contributed by atoms with van der Waals surface area (Å²) in [7, 11) is 3.33. The maximum absolute atomic E-state index is 5.56. The van der Waals surface area contributed by atoms with Gasteiger partial charge in [-0.2, -0.15) is 11.3 Å². The summed E-state index contributed by atoms with van der Waals surface area (Å²) < 4.78 is 11.0. The van der Waals surface area contributed by atoms with Crippen molar-refractivity contribution in [1.82, 2.24) is 10.3 Å². The zero-order valence-electron chi connectivity index (χ0n) is 15.4. The first-order valence-electron chi connectivity index (χ1n) is 8.58. The number of aromatic nitrogens is 1. The number of hydrogen-bond donors (Lipinski definition) is 1. The predicted octanol–water partition coefficient (Wildman–Crippen LogP) is 4.54. The first-order chi connectivity index (χ1) is 12.7. The summed E-state index contributed by atoms with van der Waals surface area (Å²) in [5.74, 6) is 1.52. The average molecular weight is 369 g/mol. The lowest BCUT2D eigenvalue weighted by Gasteiger charge is -2.21. The van der Waals surface area contributed by atoms with Gasteiger partial charge in [-0.25, -0.2) is 0 Å². The Morgan fingerprint density at radius 2 is 2.00 bits per heavy atom. The van der Waals surface area contributed by atoms with Crippen LogP contribution in [0.1, 0.15) is 28.4 Å². The monoisotopic (exact) mass is 368 g/mol. The van der Waals surface area contributed by atoms with Gasteiger partial charge in [0.2, 0.25) is 0 Å². The summed E-state index contributed by atoms with van der Waals surface area (Å²) in [6, 6.07) is 12.3. The molecule has 0 spiro atoms. The molecule has 26 heavy (non-hydrogen) atoms. The van der Waals surface area contributed by atoms with Crippen LogP contribution >= 0.6 is 11.3 Å². The minimum Gasteiger partial charge on any atom is -0.493 e. The number of methoxy groups -OCH3 is 2. The molecule has 0 aliphatic carbocycles. The molecule has 0 amide bonds. The number of nitrogens with zero attached hydrogens (tertiary/aromatic N) is 1. The van der Waals surface area contributed by atoms with Crippen LogP contribution in [0.2, 0.25) is 0 Å². The Morgan fingerprint density at radius 1 is 1.12 bits per heavy atom. The Bertz CT molecular complexity index is 834. The molecule has 3 rings (SSSR count). The second kappa shape index (κ2) is 8.83. The van der Waals surface area contributed by atoms with Crippen LogP contribution < -0.4 is 14.8 Å². The molecule has 4 nitrogen and oxygen atoms in total. The highest BCUT2D eigenvalue weighted by Crippen LogP contribution is 2.31. The van der Waals surface area contributed by atoms with Crippen LogP contribution in [0.5, 0.6) is 11.5 Å². The van der Waals surface area contributed by atoms with E-state index >= 15 is 0 Å². The van der Waals surface area contributed by atoms with Gasteiger partial charge in [0.15, 0.2) is 11.5 Å². The van der Waals surface area contributed by atoms with Gasteiger partial charge in [0, 0.05) is 18.3 Å². The van der Waals surface area contributed by atoms with E-state index in [0.717, 1.165) is 29.2 Å². The summed E-state index contributed by atoms with van der Waals surface area (Å²) in [5, 5.41) is 7.97. The second-order valence-corrected chi connectivity index (χ2v) is 6.91. The molecule has 1 atom stereocenters. The highest BCUT2D eigenvalue weighted by Gasteiger charge is 2.17. The number of hydrogen-bond acceptors (Lipinski definition) is 5. The van der Waals surface area contributed by atoms with Gasteiger partial charge >= 0.3 is 0 Å². The molecule has 2 aromatic heterocycles. The molecule has 0 aliphatic heterocycles. The molecule has 136 valence electrons. The second-order valence-electron chi connectivity index (χ2n) is 6.13. The lowest BCUT2D eigenvalue weighted by molar-refractivity contribution is 0.349. The third kappa shape index (κ3) is 4.23. The molecule has 0 aliphatic rings. The van der Waals surface area contributed by atoms with Crippen molar-refractivity contribution in [2.24, 2.45) is 0 Å². The van der Waals surface area contributed by atoms with Crippen LogP contribution in [-0.4, -0.2) is 19.2 Å². The van der Waals surface area contributed by atoms with Crippen molar-refractivity contribution in [3.05, 3.63) is 75.7 Å². The average Bonchev–Trinajstić information content (AvgIpc) is 3.18. The van der Waals surface area contributed by atoms with Crippen LogP contribution in [0.25, 0.3) is 0 Å². The molecule has 2 heterocycles. The first-order valence-corrected chi connectivity index (χ1v) is 9.53. The lowest BCUT2D eigenvalue weighted by Crippen LogP contribution is -2.25. The van der Waals surface area contributed by atoms with E-state index in [1.54, 1.807) is 25.6 Å². The van der Waals surface area contributed by atoms with E-state index in [2.05, 4.69) is 46.2 Å². The molecular weight excluding hydrogens is 344 g/mol. The van der Waals surface area contributed by atoms with E-state index in [9.17, 15) is 0 Å². The zero-order chi connectivity index (χ0) is 18.4. The Morgan fingerprint density at radius 3 is 2.69 bits per heavy atom. The van der Waals surface area contributed by atoms with Gasteiger partial charge in [-0.1, -0.05) is 18.2 Å². The Labute approximate surface area is 158 Å². The number of ether oxygens (including phenoxy) is 2. The van der Waals surface area contributed by atoms with Gasteiger partial charge in [0.1, 0.15) is 0 Å². The SMILES string of the molecule is COc1cccc(CNC(Cc2ccsc2)c2ncccc2C)c1OC. The molecule has 0 saturated heterocycles. The Kier molecular flexibility index (Phi) is 6.26. The molecule has 1 unspecified atom stereocenters. The summed E-state index contributed by atoms with van der Waals surface area (Å²) in [6.07, 6.45) is 2.75. The molecule has 5 heteroatoms. The van der Waals surface area contributed by atoms with Crippen molar-refractivity contribution in [2.45, 2.75) is 25.9 Å². The first kappa shape index (κ1) is 18.4. The van der Waals surface area contributed by atoms with E-state index in [-0.39, 0.29) is 6.04 Å². The van der Waals surface area contributed by atoms with Gasteiger partial charge in [0.25, 0.3) is 0 Å². The van der Waals surface area contributed by atoms with Gasteiger partial charge in [-0.15, -0.1) is 0 Å². The van der Waals surface area contributed by atoms with Crippen molar-refractivity contribution in [2.75, 3.05) is 14.2 Å². The third-order valence-corrected chi connectivity index (χ3v) is 5.16. The van der Waals surface area contributed by atoms with Gasteiger partial charge in [0.05, 0.1) is 26.0 Å².